The lowest BCUT2D eigenvalue weighted by atomic mass is 9.66. The van der Waals surface area contributed by atoms with E-state index in [9.17, 15) is 0 Å². The first kappa shape index (κ1) is 14.8. The molecule has 0 aliphatic carbocycles. The highest BCUT2D eigenvalue weighted by molar-refractivity contribution is 5.90. The monoisotopic (exact) mass is 320 g/mol. The largest absolute Gasteiger partial charge is 0.315 e. The first-order valence-electron chi connectivity index (χ1n) is 9.75. The van der Waals surface area contributed by atoms with Gasteiger partial charge in [0.1, 0.15) is 0 Å². The average molecular weight is 320 g/mol. The van der Waals surface area contributed by atoms with Crippen LogP contribution in [0.4, 0.5) is 0 Å². The summed E-state index contributed by atoms with van der Waals surface area (Å²) in [6.45, 7) is 9.64. The van der Waals surface area contributed by atoms with Crippen molar-refractivity contribution in [3.05, 3.63) is 41.6 Å². The quantitative estimate of drug-likeness (QED) is 0.734. The van der Waals surface area contributed by atoms with Gasteiger partial charge in [-0.15, -0.1) is 0 Å². The Balaban J connectivity index is 1.90. The number of fused-ring (bicyclic) bond motifs is 3. The van der Waals surface area contributed by atoms with Crippen LogP contribution in [0.2, 0.25) is 0 Å². The summed E-state index contributed by atoms with van der Waals surface area (Å²) < 4.78 is 2.64. The summed E-state index contributed by atoms with van der Waals surface area (Å²) >= 11 is 0. The SMILES string of the molecule is CC[C@@]12C=C(C(C)C)n3c4c(c5ccccc53)CCN(CCC1)[C@@H]42. The molecular formula is C22H28N2. The van der Waals surface area contributed by atoms with Crippen molar-refractivity contribution in [3.8, 4) is 0 Å². The molecule has 0 N–H and O–H groups in total. The fourth-order valence-electron chi connectivity index (χ4n) is 5.74. The number of rotatable bonds is 2. The summed E-state index contributed by atoms with van der Waals surface area (Å²) in [5, 5.41) is 1.50. The van der Waals surface area contributed by atoms with E-state index in [4.69, 9.17) is 0 Å². The van der Waals surface area contributed by atoms with Gasteiger partial charge in [-0.2, -0.15) is 0 Å². The predicted octanol–water partition coefficient (Wildman–Crippen LogP) is 5.24. The van der Waals surface area contributed by atoms with Crippen LogP contribution in [-0.2, 0) is 6.42 Å². The number of nitrogens with zero attached hydrogens (tertiary/aromatic N) is 2. The van der Waals surface area contributed by atoms with Gasteiger partial charge in [0.15, 0.2) is 0 Å². The molecule has 0 bridgehead atoms. The van der Waals surface area contributed by atoms with Crippen molar-refractivity contribution < 1.29 is 0 Å². The summed E-state index contributed by atoms with van der Waals surface area (Å²) in [6.07, 6.45) is 7.85. The topological polar surface area (TPSA) is 8.17 Å². The number of hydrogen-bond acceptors (Lipinski definition) is 1. The molecule has 0 unspecified atom stereocenters. The molecule has 2 heteroatoms. The molecule has 2 nitrogen and oxygen atoms in total. The molecule has 0 amide bonds. The number of benzene rings is 1. The first-order valence-corrected chi connectivity index (χ1v) is 9.75. The van der Waals surface area contributed by atoms with Gasteiger partial charge in [0.25, 0.3) is 0 Å². The average Bonchev–Trinajstić information content (AvgIpc) is 2.95. The van der Waals surface area contributed by atoms with Gasteiger partial charge >= 0.3 is 0 Å². The molecular weight excluding hydrogens is 292 g/mol. The third kappa shape index (κ3) is 1.70. The van der Waals surface area contributed by atoms with E-state index in [1.54, 1.807) is 11.3 Å². The molecule has 0 spiro atoms. The minimum absolute atomic E-state index is 0.345. The Hall–Kier alpha value is -1.54. The third-order valence-electron chi connectivity index (χ3n) is 6.87. The Morgan fingerprint density at radius 2 is 2.04 bits per heavy atom. The molecule has 1 aromatic heterocycles. The summed E-state index contributed by atoms with van der Waals surface area (Å²) in [6, 6.07) is 9.69. The Morgan fingerprint density at radius 3 is 2.83 bits per heavy atom. The van der Waals surface area contributed by atoms with Crippen LogP contribution in [0.25, 0.3) is 16.6 Å². The molecule has 0 radical (unpaired) electrons. The standard InChI is InChI=1S/C22H28N2/c1-4-22-11-7-12-23-13-10-17-16-8-5-6-9-18(16)24(20(17)21(22)23)19(14-22)15(2)3/h5-6,8-9,14-15,21H,4,7,10-13H2,1-3H3/t21-,22-/m0/s1. The van der Waals surface area contributed by atoms with E-state index in [2.05, 4.69) is 60.6 Å². The van der Waals surface area contributed by atoms with Crippen LogP contribution < -0.4 is 0 Å². The van der Waals surface area contributed by atoms with Crippen molar-refractivity contribution in [2.45, 2.75) is 52.5 Å². The van der Waals surface area contributed by atoms with Crippen LogP contribution in [0, 0.1) is 11.3 Å². The zero-order chi connectivity index (χ0) is 16.5. The molecule has 1 aromatic carbocycles. The number of aromatic nitrogens is 1. The Labute approximate surface area is 145 Å². The van der Waals surface area contributed by atoms with E-state index in [1.165, 1.54) is 55.4 Å². The molecule has 3 aliphatic rings. The highest BCUT2D eigenvalue weighted by Crippen LogP contribution is 2.57. The number of allylic oxidation sites excluding steroid dienone is 1. The number of piperidine rings is 1. The molecule has 3 aliphatic heterocycles. The van der Waals surface area contributed by atoms with Crippen molar-refractivity contribution in [2.24, 2.45) is 11.3 Å². The third-order valence-corrected chi connectivity index (χ3v) is 6.87. The van der Waals surface area contributed by atoms with E-state index < -0.39 is 0 Å². The Kier molecular flexibility index (Phi) is 3.07. The van der Waals surface area contributed by atoms with Gasteiger partial charge in [-0.1, -0.05) is 45.0 Å². The van der Waals surface area contributed by atoms with Crippen LogP contribution in [-0.4, -0.2) is 22.6 Å². The lowest BCUT2D eigenvalue weighted by Crippen LogP contribution is -2.50. The van der Waals surface area contributed by atoms with Crippen LogP contribution in [0.1, 0.15) is 57.3 Å². The maximum atomic E-state index is 2.79. The number of para-hydroxylation sites is 1. The maximum absolute atomic E-state index is 2.79. The second kappa shape index (κ2) is 4.98. The molecule has 5 rings (SSSR count). The molecule has 1 fully saturated rings. The number of hydrogen-bond donors (Lipinski definition) is 0. The van der Waals surface area contributed by atoms with Gasteiger partial charge in [0.05, 0.1) is 11.6 Å². The smallest absolute Gasteiger partial charge is 0.0599 e. The highest BCUT2D eigenvalue weighted by atomic mass is 15.2. The van der Waals surface area contributed by atoms with E-state index in [-0.39, 0.29) is 0 Å². The van der Waals surface area contributed by atoms with Crippen molar-refractivity contribution in [3.63, 3.8) is 0 Å². The predicted molar refractivity (Wildman–Crippen MR) is 101 cm³/mol. The van der Waals surface area contributed by atoms with Crippen LogP contribution in [0.3, 0.4) is 0 Å². The van der Waals surface area contributed by atoms with Gasteiger partial charge in [-0.25, -0.2) is 0 Å². The second-order valence-corrected chi connectivity index (χ2v) is 8.32. The van der Waals surface area contributed by atoms with E-state index in [0.29, 0.717) is 17.4 Å². The van der Waals surface area contributed by atoms with E-state index in [0.717, 1.165) is 0 Å². The van der Waals surface area contributed by atoms with Gasteiger partial charge in [0, 0.05) is 28.7 Å². The molecule has 4 heterocycles. The Bertz CT molecular complexity index is 841. The molecule has 126 valence electrons. The molecule has 0 saturated carbocycles. The van der Waals surface area contributed by atoms with Gasteiger partial charge < -0.3 is 4.57 Å². The van der Waals surface area contributed by atoms with Crippen molar-refractivity contribution in [1.82, 2.24) is 9.47 Å². The van der Waals surface area contributed by atoms with Gasteiger partial charge in [-0.3, -0.25) is 4.90 Å². The normalized spacial score (nSPS) is 29.0. The van der Waals surface area contributed by atoms with E-state index in [1.807, 2.05) is 0 Å². The zero-order valence-electron chi connectivity index (χ0n) is 15.2. The molecule has 1 saturated heterocycles. The van der Waals surface area contributed by atoms with Crippen LogP contribution in [0.15, 0.2) is 30.3 Å². The molecule has 2 atom stereocenters. The molecule has 24 heavy (non-hydrogen) atoms. The van der Waals surface area contributed by atoms with Crippen molar-refractivity contribution in [2.75, 3.05) is 13.1 Å². The molecule has 2 aromatic rings. The first-order chi connectivity index (χ1) is 11.7. The lowest BCUT2D eigenvalue weighted by molar-refractivity contribution is 0.0264. The van der Waals surface area contributed by atoms with Gasteiger partial charge in [0.2, 0.25) is 0 Å². The van der Waals surface area contributed by atoms with Crippen molar-refractivity contribution in [1.29, 1.82) is 0 Å². The summed E-state index contributed by atoms with van der Waals surface area (Å²) in [7, 11) is 0. The fourth-order valence-corrected chi connectivity index (χ4v) is 5.74. The summed E-state index contributed by atoms with van der Waals surface area (Å²) in [5.74, 6) is 0.562. The zero-order valence-corrected chi connectivity index (χ0v) is 15.2. The van der Waals surface area contributed by atoms with E-state index >= 15 is 0 Å². The summed E-state index contributed by atoms with van der Waals surface area (Å²) in [5.41, 5.74) is 6.58. The summed E-state index contributed by atoms with van der Waals surface area (Å²) in [4.78, 5) is 2.79. The Morgan fingerprint density at radius 1 is 1.21 bits per heavy atom. The maximum Gasteiger partial charge on any atom is 0.0599 e. The van der Waals surface area contributed by atoms with Gasteiger partial charge in [-0.05, 0) is 49.8 Å². The highest BCUT2D eigenvalue weighted by Gasteiger charge is 2.50. The van der Waals surface area contributed by atoms with Crippen LogP contribution >= 0.6 is 0 Å². The minimum Gasteiger partial charge on any atom is -0.315 e. The minimum atomic E-state index is 0.345. The lowest BCUT2D eigenvalue weighted by Gasteiger charge is -2.54. The van der Waals surface area contributed by atoms with Crippen LogP contribution in [0.5, 0.6) is 0 Å². The van der Waals surface area contributed by atoms with Crippen molar-refractivity contribution >= 4 is 16.6 Å². The fraction of sp³-hybridized carbons (Fsp3) is 0.545. The second-order valence-electron chi connectivity index (χ2n) is 8.32.